The van der Waals surface area contributed by atoms with E-state index in [1.54, 1.807) is 0 Å². The zero-order valence-corrected chi connectivity index (χ0v) is 13.5. The van der Waals surface area contributed by atoms with Crippen molar-refractivity contribution in [3.63, 3.8) is 0 Å². The largest absolute Gasteiger partial charge is 0.371 e. The van der Waals surface area contributed by atoms with Crippen LogP contribution in [0, 0.1) is 0 Å². The molecular formula is C18H25N3O2. The standard InChI is InChI=1S/C18H25N3O2/c19-17(23)18(20-14-6-2-1-3-7-14)10-12-21(13-11-18)15-8-4-5-9-16(15)22/h1-3,6-7,15,20H,4-5,8-13H2,(H2,19,23). The SMILES string of the molecule is NC(=O)C1(Nc2ccccc2)CCN(C2CCCCC2=O)CC1. The summed E-state index contributed by atoms with van der Waals surface area (Å²) in [5.74, 6) is 0.0508. The van der Waals surface area contributed by atoms with E-state index in [2.05, 4.69) is 10.2 Å². The fraction of sp³-hybridized carbons (Fsp3) is 0.556. The Balaban J connectivity index is 1.68. The number of piperidine rings is 1. The van der Waals surface area contributed by atoms with Crippen LogP contribution in [-0.2, 0) is 9.59 Å². The van der Waals surface area contributed by atoms with Crippen LogP contribution in [0.2, 0.25) is 0 Å². The van der Waals surface area contributed by atoms with E-state index in [-0.39, 0.29) is 11.9 Å². The maximum atomic E-state index is 12.1. The van der Waals surface area contributed by atoms with Gasteiger partial charge < -0.3 is 11.1 Å². The van der Waals surface area contributed by atoms with Crippen LogP contribution in [-0.4, -0.2) is 41.3 Å². The lowest BCUT2D eigenvalue weighted by Crippen LogP contribution is -2.59. The number of carbonyl (C=O) groups is 2. The van der Waals surface area contributed by atoms with Crippen molar-refractivity contribution in [2.24, 2.45) is 5.73 Å². The lowest BCUT2D eigenvalue weighted by atomic mass is 9.84. The molecule has 1 aliphatic heterocycles. The molecule has 1 aromatic carbocycles. The number of hydrogen-bond acceptors (Lipinski definition) is 4. The van der Waals surface area contributed by atoms with Gasteiger partial charge in [0.2, 0.25) is 5.91 Å². The van der Waals surface area contributed by atoms with Gasteiger partial charge >= 0.3 is 0 Å². The number of ketones is 1. The highest BCUT2D eigenvalue weighted by molar-refractivity contribution is 5.88. The summed E-state index contributed by atoms with van der Waals surface area (Å²) in [6.45, 7) is 1.47. The van der Waals surface area contributed by atoms with Crippen LogP contribution >= 0.6 is 0 Å². The number of hydrogen-bond donors (Lipinski definition) is 2. The van der Waals surface area contributed by atoms with E-state index < -0.39 is 5.54 Å². The van der Waals surface area contributed by atoms with Gasteiger partial charge in [0, 0.05) is 25.2 Å². The van der Waals surface area contributed by atoms with Crippen molar-refractivity contribution < 1.29 is 9.59 Å². The topological polar surface area (TPSA) is 75.4 Å². The van der Waals surface area contributed by atoms with Crippen LogP contribution in [0.25, 0.3) is 0 Å². The van der Waals surface area contributed by atoms with Gasteiger partial charge in [-0.1, -0.05) is 24.6 Å². The molecule has 1 heterocycles. The van der Waals surface area contributed by atoms with Gasteiger partial charge in [-0.3, -0.25) is 14.5 Å². The summed E-state index contributed by atoms with van der Waals surface area (Å²) < 4.78 is 0. The van der Waals surface area contributed by atoms with Gasteiger partial charge in [-0.2, -0.15) is 0 Å². The van der Waals surface area contributed by atoms with E-state index in [4.69, 9.17) is 5.73 Å². The first kappa shape index (κ1) is 16.0. The Labute approximate surface area is 137 Å². The van der Waals surface area contributed by atoms with E-state index in [1.165, 1.54) is 0 Å². The smallest absolute Gasteiger partial charge is 0.243 e. The Bertz CT molecular complexity index is 565. The van der Waals surface area contributed by atoms with Crippen LogP contribution < -0.4 is 11.1 Å². The van der Waals surface area contributed by atoms with Crippen LogP contribution in [0.1, 0.15) is 38.5 Å². The molecule has 0 aromatic heterocycles. The van der Waals surface area contributed by atoms with Crippen LogP contribution in [0.15, 0.2) is 30.3 Å². The molecule has 2 aliphatic rings. The molecule has 23 heavy (non-hydrogen) atoms. The lowest BCUT2D eigenvalue weighted by molar-refractivity contribution is -0.128. The molecule has 1 aliphatic carbocycles. The number of amides is 1. The zero-order valence-electron chi connectivity index (χ0n) is 13.5. The van der Waals surface area contributed by atoms with Crippen LogP contribution in [0.4, 0.5) is 5.69 Å². The second kappa shape index (κ2) is 6.71. The summed E-state index contributed by atoms with van der Waals surface area (Å²) in [5.41, 5.74) is 5.91. The highest BCUT2D eigenvalue weighted by Gasteiger charge is 2.42. The number of anilines is 1. The highest BCUT2D eigenvalue weighted by atomic mass is 16.1. The van der Waals surface area contributed by atoms with Gasteiger partial charge in [-0.15, -0.1) is 0 Å². The van der Waals surface area contributed by atoms with Gasteiger partial charge in [0.1, 0.15) is 11.3 Å². The first-order valence-corrected chi connectivity index (χ1v) is 8.51. The normalized spacial score (nSPS) is 25.0. The predicted octanol–water partition coefficient (Wildman–Crippen LogP) is 1.93. The average molecular weight is 315 g/mol. The number of primary amides is 1. The molecule has 1 atom stereocenters. The molecule has 0 spiro atoms. The number of carbonyl (C=O) groups excluding carboxylic acids is 2. The molecule has 124 valence electrons. The van der Waals surface area contributed by atoms with Crippen LogP contribution in [0.3, 0.4) is 0 Å². The first-order valence-electron chi connectivity index (χ1n) is 8.51. The molecule has 2 fully saturated rings. The fourth-order valence-electron chi connectivity index (χ4n) is 3.80. The summed E-state index contributed by atoms with van der Waals surface area (Å²) in [6, 6.07) is 9.76. The molecule has 1 unspecified atom stereocenters. The number of likely N-dealkylation sites (tertiary alicyclic amines) is 1. The van der Waals surface area contributed by atoms with Crippen LogP contribution in [0.5, 0.6) is 0 Å². The van der Waals surface area contributed by atoms with E-state index in [9.17, 15) is 9.59 Å². The van der Waals surface area contributed by atoms with Crippen molar-refractivity contribution in [1.29, 1.82) is 0 Å². The molecule has 1 saturated carbocycles. The second-order valence-electron chi connectivity index (χ2n) is 6.70. The number of para-hydroxylation sites is 1. The molecular weight excluding hydrogens is 290 g/mol. The minimum Gasteiger partial charge on any atom is -0.371 e. The lowest BCUT2D eigenvalue weighted by Gasteiger charge is -2.43. The van der Waals surface area contributed by atoms with Crippen molar-refractivity contribution in [3.05, 3.63) is 30.3 Å². The first-order chi connectivity index (χ1) is 11.1. The maximum absolute atomic E-state index is 12.1. The minimum atomic E-state index is -0.713. The molecule has 1 aromatic rings. The summed E-state index contributed by atoms with van der Waals surface area (Å²) in [7, 11) is 0. The molecule has 3 N–H and O–H groups in total. The molecule has 1 saturated heterocycles. The van der Waals surface area contributed by atoms with E-state index in [1.807, 2.05) is 30.3 Å². The van der Waals surface area contributed by atoms with Gasteiger partial charge in [0.25, 0.3) is 0 Å². The fourth-order valence-corrected chi connectivity index (χ4v) is 3.80. The third kappa shape index (κ3) is 3.39. The number of nitrogens with one attached hydrogen (secondary N) is 1. The Hall–Kier alpha value is -1.88. The van der Waals surface area contributed by atoms with E-state index in [0.29, 0.717) is 25.0 Å². The summed E-state index contributed by atoms with van der Waals surface area (Å²) in [6.07, 6.45) is 5.07. The maximum Gasteiger partial charge on any atom is 0.243 e. The summed E-state index contributed by atoms with van der Waals surface area (Å²) in [4.78, 5) is 26.5. The molecule has 3 rings (SSSR count). The molecule has 5 heteroatoms. The number of nitrogens with two attached hydrogens (primary N) is 1. The molecule has 1 amide bonds. The summed E-state index contributed by atoms with van der Waals surface area (Å²) >= 11 is 0. The Kier molecular flexibility index (Phi) is 4.66. The van der Waals surface area contributed by atoms with Crippen molar-refractivity contribution in [1.82, 2.24) is 4.90 Å². The molecule has 5 nitrogen and oxygen atoms in total. The van der Waals surface area contributed by atoms with E-state index >= 15 is 0 Å². The third-order valence-corrected chi connectivity index (χ3v) is 5.24. The van der Waals surface area contributed by atoms with Crippen molar-refractivity contribution in [3.8, 4) is 0 Å². The number of rotatable bonds is 4. The summed E-state index contributed by atoms with van der Waals surface area (Å²) in [5, 5.41) is 3.34. The Morgan fingerprint density at radius 1 is 1.17 bits per heavy atom. The Morgan fingerprint density at radius 3 is 2.48 bits per heavy atom. The Morgan fingerprint density at radius 2 is 1.87 bits per heavy atom. The minimum absolute atomic E-state index is 0.0475. The van der Waals surface area contributed by atoms with Crippen molar-refractivity contribution >= 4 is 17.4 Å². The number of benzene rings is 1. The van der Waals surface area contributed by atoms with Crippen molar-refractivity contribution in [2.45, 2.75) is 50.1 Å². The monoisotopic (exact) mass is 315 g/mol. The molecule has 0 radical (unpaired) electrons. The zero-order chi connectivity index (χ0) is 16.3. The third-order valence-electron chi connectivity index (χ3n) is 5.24. The number of nitrogens with zero attached hydrogens (tertiary/aromatic N) is 1. The number of Topliss-reactive ketones (excluding diaryl/α,β-unsaturated/α-hetero) is 1. The van der Waals surface area contributed by atoms with Gasteiger partial charge in [0.15, 0.2) is 0 Å². The van der Waals surface area contributed by atoms with E-state index in [0.717, 1.165) is 38.0 Å². The highest BCUT2D eigenvalue weighted by Crippen LogP contribution is 2.30. The van der Waals surface area contributed by atoms with Gasteiger partial charge in [0.05, 0.1) is 6.04 Å². The quantitative estimate of drug-likeness (QED) is 0.890. The van der Waals surface area contributed by atoms with Gasteiger partial charge in [-0.25, -0.2) is 0 Å². The average Bonchev–Trinajstić information content (AvgIpc) is 2.57. The van der Waals surface area contributed by atoms with Gasteiger partial charge in [-0.05, 0) is 37.8 Å². The molecule has 0 bridgehead atoms. The predicted molar refractivity (Wildman–Crippen MR) is 90.1 cm³/mol. The second-order valence-corrected chi connectivity index (χ2v) is 6.70. The van der Waals surface area contributed by atoms with Crippen molar-refractivity contribution in [2.75, 3.05) is 18.4 Å².